The Balaban J connectivity index is 1.80. The Morgan fingerprint density at radius 1 is 1.23 bits per heavy atom. The fourth-order valence-corrected chi connectivity index (χ4v) is 2.51. The normalized spacial score (nSPS) is 31.2. The Labute approximate surface area is 80.3 Å². The molecule has 1 heterocycles. The zero-order valence-electron chi connectivity index (χ0n) is 8.24. The Morgan fingerprint density at radius 2 is 2.08 bits per heavy atom. The molecule has 0 aromatic rings. The molecule has 1 aliphatic heterocycles. The van der Waals surface area contributed by atoms with Crippen LogP contribution in [0.1, 0.15) is 38.5 Å². The number of aldehydes is 1. The minimum absolute atomic E-state index is 0.659. The second-order valence-electron chi connectivity index (χ2n) is 4.49. The smallest absolute Gasteiger partial charge is 0.120 e. The molecule has 1 atom stereocenters. The molecule has 1 saturated heterocycles. The van der Waals surface area contributed by atoms with Gasteiger partial charge in [0.2, 0.25) is 0 Å². The van der Waals surface area contributed by atoms with Gasteiger partial charge < -0.3 is 9.69 Å². The largest absolute Gasteiger partial charge is 0.303 e. The highest BCUT2D eigenvalue weighted by Gasteiger charge is 2.28. The molecule has 74 valence electrons. The molecule has 0 amide bonds. The molecule has 2 heteroatoms. The summed E-state index contributed by atoms with van der Waals surface area (Å²) in [6.07, 6.45) is 8.65. The van der Waals surface area contributed by atoms with E-state index in [0.717, 1.165) is 18.7 Å². The Morgan fingerprint density at radius 3 is 2.69 bits per heavy atom. The molecule has 0 radical (unpaired) electrons. The van der Waals surface area contributed by atoms with Crippen LogP contribution in [-0.4, -0.2) is 30.3 Å². The first kappa shape index (κ1) is 9.20. The van der Waals surface area contributed by atoms with E-state index in [9.17, 15) is 4.79 Å². The number of carbonyl (C=O) groups excluding carboxylic acids is 1. The molecular weight excluding hydrogens is 162 g/mol. The summed E-state index contributed by atoms with van der Waals surface area (Å²) < 4.78 is 0. The van der Waals surface area contributed by atoms with Crippen molar-refractivity contribution in [2.24, 2.45) is 5.92 Å². The van der Waals surface area contributed by atoms with Gasteiger partial charge in [0.1, 0.15) is 6.29 Å². The van der Waals surface area contributed by atoms with Crippen LogP contribution >= 0.6 is 0 Å². The van der Waals surface area contributed by atoms with Crippen molar-refractivity contribution in [2.45, 2.75) is 44.6 Å². The van der Waals surface area contributed by atoms with E-state index in [4.69, 9.17) is 0 Å². The number of likely N-dealkylation sites (tertiary alicyclic amines) is 1. The lowest BCUT2D eigenvalue weighted by Gasteiger charge is -2.42. The van der Waals surface area contributed by atoms with Crippen molar-refractivity contribution in [3.63, 3.8) is 0 Å². The first-order valence-electron chi connectivity index (χ1n) is 5.58. The first-order chi connectivity index (χ1) is 6.40. The molecule has 1 saturated carbocycles. The van der Waals surface area contributed by atoms with Gasteiger partial charge in [-0.2, -0.15) is 0 Å². The summed E-state index contributed by atoms with van der Waals surface area (Å²) in [5.41, 5.74) is 0. The van der Waals surface area contributed by atoms with Crippen LogP contribution in [0.5, 0.6) is 0 Å². The zero-order chi connectivity index (χ0) is 9.10. The highest BCUT2D eigenvalue weighted by atomic mass is 16.1. The maximum atomic E-state index is 10.4. The van der Waals surface area contributed by atoms with Crippen LogP contribution in [0.15, 0.2) is 0 Å². The third kappa shape index (κ3) is 2.11. The lowest BCUT2D eigenvalue weighted by atomic mass is 9.87. The van der Waals surface area contributed by atoms with Crippen LogP contribution in [0.2, 0.25) is 0 Å². The molecule has 0 aromatic heterocycles. The zero-order valence-corrected chi connectivity index (χ0v) is 8.24. The van der Waals surface area contributed by atoms with E-state index in [1.165, 1.54) is 45.2 Å². The number of carbonyl (C=O) groups is 1. The quantitative estimate of drug-likeness (QED) is 0.619. The minimum atomic E-state index is 0.659. The van der Waals surface area contributed by atoms with Gasteiger partial charge in [0.15, 0.2) is 0 Å². The van der Waals surface area contributed by atoms with Crippen molar-refractivity contribution in [2.75, 3.05) is 13.1 Å². The summed E-state index contributed by atoms with van der Waals surface area (Å²) in [7, 11) is 0. The van der Waals surface area contributed by atoms with Crippen LogP contribution < -0.4 is 0 Å². The van der Waals surface area contributed by atoms with Gasteiger partial charge in [-0.1, -0.05) is 6.42 Å². The Bertz CT molecular complexity index is 177. The van der Waals surface area contributed by atoms with Crippen LogP contribution in [0, 0.1) is 5.92 Å². The fraction of sp³-hybridized carbons (Fsp3) is 0.909. The van der Waals surface area contributed by atoms with E-state index in [0.29, 0.717) is 5.92 Å². The molecule has 2 rings (SSSR count). The van der Waals surface area contributed by atoms with Gasteiger partial charge in [0.05, 0.1) is 0 Å². The highest BCUT2D eigenvalue weighted by molar-refractivity contribution is 5.49. The molecule has 2 aliphatic rings. The average Bonchev–Trinajstić information content (AvgIpc) is 2.02. The lowest BCUT2D eigenvalue weighted by Crippen LogP contribution is -2.45. The Kier molecular flexibility index (Phi) is 2.99. The molecule has 0 spiro atoms. The highest BCUT2D eigenvalue weighted by Crippen LogP contribution is 2.29. The maximum Gasteiger partial charge on any atom is 0.120 e. The third-order valence-corrected chi connectivity index (χ3v) is 3.57. The average molecular weight is 181 g/mol. The van der Waals surface area contributed by atoms with Crippen molar-refractivity contribution < 1.29 is 4.79 Å². The van der Waals surface area contributed by atoms with Crippen LogP contribution in [-0.2, 0) is 4.79 Å². The minimum Gasteiger partial charge on any atom is -0.303 e. The summed E-state index contributed by atoms with van der Waals surface area (Å²) >= 11 is 0. The monoisotopic (exact) mass is 181 g/mol. The summed E-state index contributed by atoms with van der Waals surface area (Å²) in [6, 6.07) is 0.870. The molecule has 1 unspecified atom stereocenters. The SMILES string of the molecule is O=CCC1CCCN(C2CCC2)C1. The topological polar surface area (TPSA) is 20.3 Å². The van der Waals surface area contributed by atoms with Crippen molar-refractivity contribution >= 4 is 6.29 Å². The van der Waals surface area contributed by atoms with Crippen LogP contribution in [0.25, 0.3) is 0 Å². The fourth-order valence-electron chi connectivity index (χ4n) is 2.51. The summed E-state index contributed by atoms with van der Waals surface area (Å²) in [4.78, 5) is 13.0. The summed E-state index contributed by atoms with van der Waals surface area (Å²) in [5.74, 6) is 0.659. The van der Waals surface area contributed by atoms with Crippen molar-refractivity contribution in [3.8, 4) is 0 Å². The predicted octanol–water partition coefficient (Wildman–Crippen LogP) is 1.84. The Hall–Kier alpha value is -0.370. The standard InChI is InChI=1S/C11H19NO/c13-8-6-10-3-2-7-12(9-10)11-4-1-5-11/h8,10-11H,1-7,9H2. The number of piperidine rings is 1. The van der Waals surface area contributed by atoms with Gasteiger partial charge in [-0.05, 0) is 38.1 Å². The lowest BCUT2D eigenvalue weighted by molar-refractivity contribution is -0.109. The molecule has 0 bridgehead atoms. The van der Waals surface area contributed by atoms with E-state index in [-0.39, 0.29) is 0 Å². The van der Waals surface area contributed by atoms with Gasteiger partial charge in [0.25, 0.3) is 0 Å². The van der Waals surface area contributed by atoms with Gasteiger partial charge >= 0.3 is 0 Å². The summed E-state index contributed by atoms with van der Waals surface area (Å²) in [6.45, 7) is 2.46. The van der Waals surface area contributed by atoms with Crippen molar-refractivity contribution in [1.82, 2.24) is 4.90 Å². The van der Waals surface area contributed by atoms with Gasteiger partial charge in [-0.3, -0.25) is 0 Å². The molecule has 0 aromatic carbocycles. The molecule has 2 nitrogen and oxygen atoms in total. The van der Waals surface area contributed by atoms with E-state index in [1.54, 1.807) is 0 Å². The predicted molar refractivity (Wildman–Crippen MR) is 52.6 cm³/mol. The number of hydrogen-bond donors (Lipinski definition) is 0. The molecule has 2 fully saturated rings. The van der Waals surface area contributed by atoms with Crippen LogP contribution in [0.4, 0.5) is 0 Å². The second kappa shape index (κ2) is 4.23. The van der Waals surface area contributed by atoms with Gasteiger partial charge in [-0.15, -0.1) is 0 Å². The van der Waals surface area contributed by atoms with E-state index < -0.39 is 0 Å². The molecule has 0 N–H and O–H groups in total. The third-order valence-electron chi connectivity index (χ3n) is 3.57. The first-order valence-corrected chi connectivity index (χ1v) is 5.58. The van der Waals surface area contributed by atoms with Crippen LogP contribution in [0.3, 0.4) is 0 Å². The van der Waals surface area contributed by atoms with E-state index in [2.05, 4.69) is 4.90 Å². The number of rotatable bonds is 3. The van der Waals surface area contributed by atoms with Gasteiger partial charge in [0, 0.05) is 19.0 Å². The molecule has 13 heavy (non-hydrogen) atoms. The summed E-state index contributed by atoms with van der Waals surface area (Å²) in [5, 5.41) is 0. The maximum absolute atomic E-state index is 10.4. The van der Waals surface area contributed by atoms with E-state index >= 15 is 0 Å². The number of hydrogen-bond acceptors (Lipinski definition) is 2. The van der Waals surface area contributed by atoms with E-state index in [1.807, 2.05) is 0 Å². The number of nitrogens with zero attached hydrogens (tertiary/aromatic N) is 1. The molecule has 1 aliphatic carbocycles. The van der Waals surface area contributed by atoms with Crippen molar-refractivity contribution in [3.05, 3.63) is 0 Å². The van der Waals surface area contributed by atoms with Crippen molar-refractivity contribution in [1.29, 1.82) is 0 Å². The molecular formula is C11H19NO. The second-order valence-corrected chi connectivity index (χ2v) is 4.49. The van der Waals surface area contributed by atoms with Gasteiger partial charge in [-0.25, -0.2) is 0 Å².